The van der Waals surface area contributed by atoms with Gasteiger partial charge >= 0.3 is 0 Å². The first-order valence-corrected chi connectivity index (χ1v) is 6.81. The molecular weight excluding hydrogens is 272 g/mol. The van der Waals surface area contributed by atoms with Gasteiger partial charge in [0, 0.05) is 23.7 Å². The zero-order chi connectivity index (χ0) is 15.5. The Labute approximate surface area is 123 Å². The second-order valence-corrected chi connectivity index (χ2v) is 5.88. The summed E-state index contributed by atoms with van der Waals surface area (Å²) in [7, 11) is 0. The molecule has 2 nitrogen and oxygen atoms in total. The molecule has 2 aromatic carbocycles. The summed E-state index contributed by atoms with van der Waals surface area (Å²) >= 11 is 0. The normalized spacial score (nSPS) is 11.5. The standard InChI is InChI=1S/C17H19F2NO/c1-17(2,3)20-11-14-15(19)8-5-9-16(14)21-13-7-4-6-12(18)10-13/h4-10,20H,11H2,1-3H3. The molecule has 1 N–H and O–H groups in total. The molecule has 0 radical (unpaired) electrons. The van der Waals surface area contributed by atoms with Crippen molar-refractivity contribution >= 4 is 0 Å². The summed E-state index contributed by atoms with van der Waals surface area (Å²) < 4.78 is 32.8. The van der Waals surface area contributed by atoms with Crippen LogP contribution in [0, 0.1) is 11.6 Å². The van der Waals surface area contributed by atoms with Crippen LogP contribution in [0.15, 0.2) is 42.5 Å². The minimum Gasteiger partial charge on any atom is -0.457 e. The summed E-state index contributed by atoms with van der Waals surface area (Å²) in [6, 6.07) is 10.4. The van der Waals surface area contributed by atoms with E-state index in [1.54, 1.807) is 24.3 Å². The van der Waals surface area contributed by atoms with E-state index in [-0.39, 0.29) is 11.4 Å². The van der Waals surface area contributed by atoms with Crippen molar-refractivity contribution in [2.45, 2.75) is 32.9 Å². The van der Waals surface area contributed by atoms with Crippen molar-refractivity contribution in [3.05, 3.63) is 59.7 Å². The summed E-state index contributed by atoms with van der Waals surface area (Å²) in [4.78, 5) is 0. The number of hydrogen-bond donors (Lipinski definition) is 1. The molecule has 0 spiro atoms. The van der Waals surface area contributed by atoms with Crippen molar-refractivity contribution in [1.29, 1.82) is 0 Å². The van der Waals surface area contributed by atoms with Gasteiger partial charge in [0.15, 0.2) is 0 Å². The molecule has 0 bridgehead atoms. The van der Waals surface area contributed by atoms with E-state index >= 15 is 0 Å². The quantitative estimate of drug-likeness (QED) is 0.885. The Hall–Kier alpha value is -1.94. The molecule has 2 aromatic rings. The second-order valence-electron chi connectivity index (χ2n) is 5.88. The maximum Gasteiger partial charge on any atom is 0.134 e. The SMILES string of the molecule is CC(C)(C)NCc1c(F)cccc1Oc1cccc(F)c1. The number of halogens is 2. The average Bonchev–Trinajstić information content (AvgIpc) is 2.37. The van der Waals surface area contributed by atoms with E-state index in [0.29, 0.717) is 23.6 Å². The first-order valence-electron chi connectivity index (χ1n) is 6.81. The van der Waals surface area contributed by atoms with Gasteiger partial charge in [-0.2, -0.15) is 0 Å². The van der Waals surface area contributed by atoms with Crippen LogP contribution < -0.4 is 10.1 Å². The lowest BCUT2D eigenvalue weighted by molar-refractivity contribution is 0.405. The van der Waals surface area contributed by atoms with Crippen LogP contribution in [0.2, 0.25) is 0 Å². The van der Waals surface area contributed by atoms with Crippen molar-refractivity contribution in [1.82, 2.24) is 5.32 Å². The zero-order valence-electron chi connectivity index (χ0n) is 12.4. The summed E-state index contributed by atoms with van der Waals surface area (Å²) in [6.45, 7) is 6.34. The van der Waals surface area contributed by atoms with E-state index in [0.717, 1.165) is 0 Å². The minimum atomic E-state index is -0.390. The molecule has 0 aromatic heterocycles. The van der Waals surface area contributed by atoms with Gasteiger partial charge in [0.2, 0.25) is 0 Å². The molecule has 21 heavy (non-hydrogen) atoms. The highest BCUT2D eigenvalue weighted by atomic mass is 19.1. The van der Waals surface area contributed by atoms with E-state index in [1.165, 1.54) is 18.2 Å². The van der Waals surface area contributed by atoms with Crippen molar-refractivity contribution < 1.29 is 13.5 Å². The molecule has 0 atom stereocenters. The monoisotopic (exact) mass is 291 g/mol. The number of nitrogens with one attached hydrogen (secondary N) is 1. The topological polar surface area (TPSA) is 21.3 Å². The molecule has 4 heteroatoms. The van der Waals surface area contributed by atoms with E-state index in [9.17, 15) is 8.78 Å². The molecular formula is C17H19F2NO. The molecule has 2 rings (SSSR count). The fraction of sp³-hybridized carbons (Fsp3) is 0.294. The summed E-state index contributed by atoms with van der Waals surface area (Å²) in [6.07, 6.45) is 0. The minimum absolute atomic E-state index is 0.140. The Morgan fingerprint density at radius 1 is 1.05 bits per heavy atom. The van der Waals surface area contributed by atoms with Crippen molar-refractivity contribution in [2.75, 3.05) is 0 Å². The molecule has 0 heterocycles. The lowest BCUT2D eigenvalue weighted by Crippen LogP contribution is -2.35. The molecule has 0 aliphatic heterocycles. The van der Waals surface area contributed by atoms with E-state index in [1.807, 2.05) is 20.8 Å². The fourth-order valence-electron chi connectivity index (χ4n) is 1.82. The Morgan fingerprint density at radius 2 is 1.76 bits per heavy atom. The highest BCUT2D eigenvalue weighted by Crippen LogP contribution is 2.28. The lowest BCUT2D eigenvalue weighted by Gasteiger charge is -2.22. The molecule has 0 aliphatic carbocycles. The number of ether oxygens (including phenoxy) is 1. The second kappa shape index (κ2) is 6.22. The molecule has 0 amide bonds. The first kappa shape index (κ1) is 15.4. The summed E-state index contributed by atoms with van der Waals surface area (Å²) in [5.41, 5.74) is 0.287. The van der Waals surface area contributed by atoms with Crippen molar-refractivity contribution in [2.24, 2.45) is 0 Å². The van der Waals surface area contributed by atoms with E-state index in [4.69, 9.17) is 4.74 Å². The molecule has 0 fully saturated rings. The Balaban J connectivity index is 2.25. The van der Waals surface area contributed by atoms with Crippen LogP contribution in [-0.2, 0) is 6.54 Å². The van der Waals surface area contributed by atoms with Gasteiger partial charge in [0.05, 0.1) is 0 Å². The third-order valence-electron chi connectivity index (χ3n) is 2.90. The predicted octanol–water partition coefficient (Wildman–Crippen LogP) is 4.65. The predicted molar refractivity (Wildman–Crippen MR) is 79.5 cm³/mol. The van der Waals surface area contributed by atoms with Gasteiger partial charge in [-0.3, -0.25) is 0 Å². The van der Waals surface area contributed by atoms with Gasteiger partial charge in [-0.25, -0.2) is 8.78 Å². The average molecular weight is 291 g/mol. The highest BCUT2D eigenvalue weighted by molar-refractivity contribution is 5.38. The van der Waals surface area contributed by atoms with Crippen LogP contribution in [0.1, 0.15) is 26.3 Å². The maximum atomic E-state index is 14.0. The third-order valence-corrected chi connectivity index (χ3v) is 2.90. The largest absolute Gasteiger partial charge is 0.457 e. The third kappa shape index (κ3) is 4.53. The Bertz CT molecular complexity index is 620. The van der Waals surface area contributed by atoms with Crippen LogP contribution in [0.25, 0.3) is 0 Å². The molecule has 0 unspecified atom stereocenters. The van der Waals surface area contributed by atoms with Crippen LogP contribution >= 0.6 is 0 Å². The van der Waals surface area contributed by atoms with Crippen molar-refractivity contribution in [3.8, 4) is 11.5 Å². The molecule has 112 valence electrons. The fourth-order valence-corrected chi connectivity index (χ4v) is 1.82. The maximum absolute atomic E-state index is 14.0. The van der Waals surface area contributed by atoms with Crippen LogP contribution in [0.5, 0.6) is 11.5 Å². The van der Waals surface area contributed by atoms with E-state index < -0.39 is 5.82 Å². The molecule has 0 aliphatic rings. The smallest absolute Gasteiger partial charge is 0.134 e. The van der Waals surface area contributed by atoms with Crippen LogP contribution in [0.4, 0.5) is 8.78 Å². The lowest BCUT2D eigenvalue weighted by atomic mass is 10.1. The van der Waals surface area contributed by atoms with Crippen LogP contribution in [0.3, 0.4) is 0 Å². The van der Waals surface area contributed by atoms with Gasteiger partial charge < -0.3 is 10.1 Å². The van der Waals surface area contributed by atoms with Gasteiger partial charge in [-0.15, -0.1) is 0 Å². The van der Waals surface area contributed by atoms with Gasteiger partial charge in [-0.1, -0.05) is 12.1 Å². The van der Waals surface area contributed by atoms with Gasteiger partial charge in [0.1, 0.15) is 23.1 Å². The summed E-state index contributed by atoms with van der Waals surface area (Å²) in [5.74, 6) is -0.00567. The van der Waals surface area contributed by atoms with Gasteiger partial charge in [-0.05, 0) is 45.0 Å². The molecule has 0 saturated heterocycles. The Morgan fingerprint density at radius 3 is 2.43 bits per heavy atom. The van der Waals surface area contributed by atoms with Crippen LogP contribution in [-0.4, -0.2) is 5.54 Å². The number of benzene rings is 2. The first-order chi connectivity index (χ1) is 9.85. The number of rotatable bonds is 4. The zero-order valence-corrected chi connectivity index (χ0v) is 12.4. The summed E-state index contributed by atoms with van der Waals surface area (Å²) in [5, 5.41) is 3.22. The van der Waals surface area contributed by atoms with Crippen molar-refractivity contribution in [3.63, 3.8) is 0 Å². The number of hydrogen-bond acceptors (Lipinski definition) is 2. The Kier molecular flexibility index (Phi) is 4.58. The highest BCUT2D eigenvalue weighted by Gasteiger charge is 2.15. The van der Waals surface area contributed by atoms with E-state index in [2.05, 4.69) is 5.32 Å². The van der Waals surface area contributed by atoms with Gasteiger partial charge in [0.25, 0.3) is 0 Å². The molecule has 0 saturated carbocycles.